The molecule has 18 aromatic rings. The molecular formula is C111H82. The summed E-state index contributed by atoms with van der Waals surface area (Å²) in [7, 11) is 0. The monoisotopic (exact) mass is 1410 g/mol. The zero-order valence-corrected chi connectivity index (χ0v) is 63.5. The molecule has 3 aliphatic carbocycles. The fraction of sp³-hybridized carbons (Fsp3) is 0.0811. The molecule has 0 nitrogen and oxygen atoms in total. The van der Waals surface area contributed by atoms with Crippen molar-refractivity contribution in [3.63, 3.8) is 0 Å². The minimum absolute atomic E-state index is 0.0385. The van der Waals surface area contributed by atoms with Gasteiger partial charge in [-0.15, -0.1) is 0 Å². The lowest BCUT2D eigenvalue weighted by molar-refractivity contribution is 0.660. The van der Waals surface area contributed by atoms with E-state index < -0.39 is 0 Å². The molecule has 3 aliphatic rings. The van der Waals surface area contributed by atoms with Crippen LogP contribution in [-0.2, 0) is 16.2 Å². The molecule has 0 atom stereocenters. The van der Waals surface area contributed by atoms with Crippen LogP contribution < -0.4 is 0 Å². The van der Waals surface area contributed by atoms with Crippen LogP contribution in [0.4, 0.5) is 0 Å². The van der Waals surface area contributed by atoms with Crippen molar-refractivity contribution in [1.82, 2.24) is 0 Å². The average molecular weight is 1420 g/mol. The Morgan fingerprint density at radius 1 is 0.180 bits per heavy atom. The molecule has 0 heterocycles. The second-order valence-electron chi connectivity index (χ2n) is 32.1. The molecule has 0 aromatic heterocycles. The van der Waals surface area contributed by atoms with Gasteiger partial charge in [-0.2, -0.15) is 0 Å². The van der Waals surface area contributed by atoms with Crippen LogP contribution in [0, 0.1) is 0 Å². The molecule has 21 rings (SSSR count). The minimum Gasteiger partial charge on any atom is -0.0622 e. The third-order valence-electron chi connectivity index (χ3n) is 24.8. The highest BCUT2D eigenvalue weighted by atomic mass is 14.4. The maximum absolute atomic E-state index is 2.50. The smallest absolute Gasteiger partial charge is 0.0159 e. The molecular weight excluding hydrogens is 1330 g/mol. The van der Waals surface area contributed by atoms with E-state index in [1.165, 1.54) is 210 Å². The molecule has 0 amide bonds. The molecule has 0 saturated heterocycles. The summed E-state index contributed by atoms with van der Waals surface area (Å²) in [4.78, 5) is 0. The van der Waals surface area contributed by atoms with Gasteiger partial charge in [0.1, 0.15) is 0 Å². The van der Waals surface area contributed by atoms with Gasteiger partial charge in [0.25, 0.3) is 0 Å². The van der Waals surface area contributed by atoms with Crippen LogP contribution in [0.3, 0.4) is 0 Å². The maximum Gasteiger partial charge on any atom is 0.0159 e. The van der Waals surface area contributed by atoms with E-state index in [0.29, 0.717) is 0 Å². The number of benzene rings is 18. The van der Waals surface area contributed by atoms with Gasteiger partial charge in [0, 0.05) is 16.2 Å². The summed E-state index contributed by atoms with van der Waals surface area (Å²) in [6.45, 7) is 14.2. The molecule has 526 valence electrons. The third kappa shape index (κ3) is 11.2. The largest absolute Gasteiger partial charge is 0.0622 e. The van der Waals surface area contributed by atoms with Gasteiger partial charge in [-0.05, 0) is 252 Å². The molecule has 18 aromatic carbocycles. The second kappa shape index (κ2) is 26.6. The van der Waals surface area contributed by atoms with Gasteiger partial charge in [-0.1, -0.05) is 387 Å². The van der Waals surface area contributed by atoms with Crippen molar-refractivity contribution in [2.24, 2.45) is 0 Å². The maximum atomic E-state index is 2.50. The standard InChI is InChI=1S/C56H42.C55H40/c1-55(2)49-22-14-13-19-41(49)47-32-39(26-30-50(47)55)54-45-21-12-11-20-44(45)53(46-29-24-37(31-48(46)54)35-15-7-5-8-16-35)40-25-28-43-42-27-23-38(36-17-9-6-10-18-36)33-51(42)56(3,4)52(43)34-40;1-55(2)51-25-15-14-22-44(51)49-36-43(31-33-52(49)55)54-46-24-13-12-23-45(46)53(47-32-30-42(35-50(47)54)38-16-6-3-7-17-38)41-28-26-37(27-29-41)34-48(39-18-8-4-9-19-39)40-20-10-5-11-21-40/h5-34H,1-4H3;3-36H,1-2H3. The average Bonchev–Trinajstić information content (AvgIpc) is 1.70. The Bertz CT molecular complexity index is 6730. The van der Waals surface area contributed by atoms with Crippen LogP contribution in [-0.4, -0.2) is 0 Å². The number of fused-ring (bicyclic) bond motifs is 13. The predicted octanol–water partition coefficient (Wildman–Crippen LogP) is 30.2. The molecule has 0 N–H and O–H groups in total. The number of hydrogen-bond acceptors (Lipinski definition) is 0. The topological polar surface area (TPSA) is 0 Å². The Morgan fingerprint density at radius 3 is 0.892 bits per heavy atom. The molecule has 0 unspecified atom stereocenters. The van der Waals surface area contributed by atoms with Gasteiger partial charge in [-0.3, -0.25) is 0 Å². The van der Waals surface area contributed by atoms with Crippen LogP contribution in [0.25, 0.3) is 166 Å². The Balaban J connectivity index is 0.000000145. The van der Waals surface area contributed by atoms with Crippen molar-refractivity contribution in [2.45, 2.75) is 57.8 Å². The first-order valence-electron chi connectivity index (χ1n) is 39.2. The summed E-state index contributed by atoms with van der Waals surface area (Å²) in [5.74, 6) is 0. The van der Waals surface area contributed by atoms with E-state index in [1.54, 1.807) is 0 Å². The van der Waals surface area contributed by atoms with E-state index in [0.717, 1.165) is 0 Å². The van der Waals surface area contributed by atoms with Gasteiger partial charge in [0.15, 0.2) is 0 Å². The van der Waals surface area contributed by atoms with Crippen molar-refractivity contribution >= 4 is 54.7 Å². The van der Waals surface area contributed by atoms with Gasteiger partial charge in [0.2, 0.25) is 0 Å². The molecule has 0 spiro atoms. The zero-order valence-electron chi connectivity index (χ0n) is 63.5. The SMILES string of the molecule is CC1(C)c2ccccc2-c2cc(-c3c4ccccc4c(-c4ccc(C=C(c5ccccc5)c5ccccc5)cc4)c4ccc(-c5ccccc5)cc34)ccc21.CC1(C)c2ccccc2-c2cc(-c3c4ccccc4c(-c4ccc5c(c4)C(C)(C)c4cc(-c6ccccc6)ccc4-5)c4ccc(-c5ccccc5)cc34)ccc21. The van der Waals surface area contributed by atoms with E-state index in [1.807, 2.05) is 0 Å². The van der Waals surface area contributed by atoms with Crippen molar-refractivity contribution in [3.05, 3.63) is 432 Å². The lowest BCUT2D eigenvalue weighted by atomic mass is 9.79. The lowest BCUT2D eigenvalue weighted by Gasteiger charge is -2.24. The molecule has 0 heteroatoms. The fourth-order valence-electron chi connectivity index (χ4n) is 19.2. The highest BCUT2D eigenvalue weighted by Gasteiger charge is 2.39. The van der Waals surface area contributed by atoms with Gasteiger partial charge in [-0.25, -0.2) is 0 Å². The van der Waals surface area contributed by atoms with Crippen LogP contribution in [0.2, 0.25) is 0 Å². The number of hydrogen-bond donors (Lipinski definition) is 0. The van der Waals surface area contributed by atoms with E-state index in [2.05, 4.69) is 430 Å². The van der Waals surface area contributed by atoms with Crippen LogP contribution in [0.5, 0.6) is 0 Å². The number of rotatable bonds is 10. The Kier molecular flexibility index (Phi) is 16.1. The highest BCUT2D eigenvalue weighted by molar-refractivity contribution is 6.24. The first kappa shape index (κ1) is 67.1. The molecule has 111 heavy (non-hydrogen) atoms. The molecule has 0 fully saturated rings. The molecule has 0 saturated carbocycles. The Morgan fingerprint density at radius 2 is 0.459 bits per heavy atom. The quantitative estimate of drug-likeness (QED) is 0.0946. The third-order valence-corrected chi connectivity index (χ3v) is 24.8. The van der Waals surface area contributed by atoms with Crippen molar-refractivity contribution in [3.8, 4) is 111 Å². The summed E-state index contributed by atoms with van der Waals surface area (Å²) in [5, 5.41) is 10.2. The predicted molar refractivity (Wildman–Crippen MR) is 474 cm³/mol. The van der Waals surface area contributed by atoms with Gasteiger partial charge in [0.05, 0.1) is 0 Å². The summed E-state index contributed by atoms with van der Waals surface area (Å²) in [5.41, 5.74) is 38.6. The molecule has 0 aliphatic heterocycles. The highest BCUT2D eigenvalue weighted by Crippen LogP contribution is 2.56. The van der Waals surface area contributed by atoms with E-state index >= 15 is 0 Å². The molecule has 0 bridgehead atoms. The van der Waals surface area contributed by atoms with E-state index in [9.17, 15) is 0 Å². The zero-order chi connectivity index (χ0) is 74.7. The van der Waals surface area contributed by atoms with E-state index in [4.69, 9.17) is 0 Å². The lowest BCUT2D eigenvalue weighted by Crippen LogP contribution is -2.15. The van der Waals surface area contributed by atoms with Gasteiger partial charge >= 0.3 is 0 Å². The summed E-state index contributed by atoms with van der Waals surface area (Å²) < 4.78 is 0. The van der Waals surface area contributed by atoms with E-state index in [-0.39, 0.29) is 16.2 Å². The van der Waals surface area contributed by atoms with Crippen LogP contribution >= 0.6 is 0 Å². The van der Waals surface area contributed by atoms with Crippen molar-refractivity contribution in [2.75, 3.05) is 0 Å². The minimum atomic E-state index is -0.147. The van der Waals surface area contributed by atoms with Gasteiger partial charge < -0.3 is 0 Å². The summed E-state index contributed by atoms with van der Waals surface area (Å²) in [6.07, 6.45) is 2.31. The Hall–Kier alpha value is -13.3. The molecule has 0 radical (unpaired) electrons. The summed E-state index contributed by atoms with van der Waals surface area (Å²) in [6, 6.07) is 142. The first-order valence-corrected chi connectivity index (χ1v) is 39.2. The van der Waals surface area contributed by atoms with Crippen LogP contribution in [0.1, 0.15) is 91.6 Å². The summed E-state index contributed by atoms with van der Waals surface area (Å²) >= 11 is 0. The fourth-order valence-corrected chi connectivity index (χ4v) is 19.2. The normalized spacial score (nSPS) is 13.5. The second-order valence-corrected chi connectivity index (χ2v) is 32.1. The Labute approximate surface area is 651 Å². The van der Waals surface area contributed by atoms with Crippen molar-refractivity contribution < 1.29 is 0 Å². The first-order chi connectivity index (χ1) is 54.3. The van der Waals surface area contributed by atoms with Crippen LogP contribution in [0.15, 0.2) is 382 Å². The van der Waals surface area contributed by atoms with Crippen molar-refractivity contribution in [1.29, 1.82) is 0 Å².